The van der Waals surface area contributed by atoms with Gasteiger partial charge in [-0.25, -0.2) is 8.42 Å². The number of hydrogen-bond acceptors (Lipinski definition) is 4. The molecule has 0 N–H and O–H groups in total. The number of methoxy groups -OCH3 is 1. The molecule has 6 nitrogen and oxygen atoms in total. The van der Waals surface area contributed by atoms with Crippen LogP contribution in [0.15, 0.2) is 24.3 Å². The Morgan fingerprint density at radius 1 is 1.41 bits per heavy atom. The van der Waals surface area contributed by atoms with Crippen LogP contribution in [0.1, 0.15) is 24.4 Å². The average molecular weight is 326 g/mol. The summed E-state index contributed by atoms with van der Waals surface area (Å²) in [4.78, 5) is 14.2. The summed E-state index contributed by atoms with van der Waals surface area (Å²) in [7, 11) is -0.335. The molecule has 1 fully saturated rings. The molecule has 0 aromatic heterocycles. The lowest BCUT2D eigenvalue weighted by atomic mass is 10.0. The van der Waals surface area contributed by atoms with Gasteiger partial charge < -0.3 is 9.64 Å². The first-order valence-electron chi connectivity index (χ1n) is 7.18. The first-order valence-corrected chi connectivity index (χ1v) is 9.03. The summed E-state index contributed by atoms with van der Waals surface area (Å²) in [6.07, 6.45) is 2.85. The van der Waals surface area contributed by atoms with Gasteiger partial charge in [0.2, 0.25) is 15.9 Å². The van der Waals surface area contributed by atoms with E-state index in [1.807, 2.05) is 24.3 Å². The third kappa shape index (κ3) is 3.59. The van der Waals surface area contributed by atoms with E-state index in [0.29, 0.717) is 6.54 Å². The summed E-state index contributed by atoms with van der Waals surface area (Å²) < 4.78 is 29.4. The molecule has 0 saturated carbocycles. The topological polar surface area (TPSA) is 66.9 Å². The summed E-state index contributed by atoms with van der Waals surface area (Å²) in [5.74, 6) is 0.574. The van der Waals surface area contributed by atoms with Gasteiger partial charge in [-0.1, -0.05) is 18.2 Å². The molecule has 0 spiro atoms. The standard InChI is InChI=1S/C15H22N2O4S/c1-16(22(3,19)20)11-15(18)17-10-6-8-13(17)12-7-4-5-9-14(12)21-2/h4-5,7,9,13H,6,8,10-11H2,1-3H3. The van der Waals surface area contributed by atoms with E-state index in [1.54, 1.807) is 12.0 Å². The fourth-order valence-electron chi connectivity index (χ4n) is 2.73. The van der Waals surface area contributed by atoms with Crippen LogP contribution in [0.4, 0.5) is 0 Å². The summed E-state index contributed by atoms with van der Waals surface area (Å²) in [5.41, 5.74) is 0.970. The van der Waals surface area contributed by atoms with E-state index in [-0.39, 0.29) is 18.5 Å². The van der Waals surface area contributed by atoms with Crippen LogP contribution >= 0.6 is 0 Å². The second-order valence-electron chi connectivity index (χ2n) is 5.51. The largest absolute Gasteiger partial charge is 0.496 e. The highest BCUT2D eigenvalue weighted by molar-refractivity contribution is 7.88. The number of carbonyl (C=O) groups is 1. The van der Waals surface area contributed by atoms with Crippen molar-refractivity contribution in [2.45, 2.75) is 18.9 Å². The maximum atomic E-state index is 12.5. The molecule has 0 aliphatic carbocycles. The molecule has 1 heterocycles. The Morgan fingerprint density at radius 2 is 2.09 bits per heavy atom. The minimum atomic E-state index is -3.36. The van der Waals surface area contributed by atoms with Gasteiger partial charge in [-0.2, -0.15) is 4.31 Å². The Labute approximate surface area is 131 Å². The number of rotatable bonds is 5. The third-order valence-electron chi connectivity index (χ3n) is 4.00. The molecular weight excluding hydrogens is 304 g/mol. The summed E-state index contributed by atoms with van der Waals surface area (Å²) >= 11 is 0. The molecule has 1 aromatic rings. The average Bonchev–Trinajstić information content (AvgIpc) is 2.95. The van der Waals surface area contributed by atoms with Crippen LogP contribution < -0.4 is 4.74 Å². The Bertz CT molecular complexity index is 645. The van der Waals surface area contributed by atoms with Crippen LogP contribution in [0.5, 0.6) is 5.75 Å². The lowest BCUT2D eigenvalue weighted by Crippen LogP contribution is -2.40. The van der Waals surface area contributed by atoms with Crippen LogP contribution in [0, 0.1) is 0 Å². The highest BCUT2D eigenvalue weighted by atomic mass is 32.2. The van der Waals surface area contributed by atoms with E-state index in [2.05, 4.69) is 0 Å². The van der Waals surface area contributed by atoms with Crippen molar-refractivity contribution in [1.29, 1.82) is 0 Å². The number of nitrogens with zero attached hydrogens (tertiary/aromatic N) is 2. The molecular formula is C15H22N2O4S. The van der Waals surface area contributed by atoms with E-state index >= 15 is 0 Å². The monoisotopic (exact) mass is 326 g/mol. The second kappa shape index (κ2) is 6.66. The van der Waals surface area contributed by atoms with Crippen molar-refractivity contribution in [2.75, 3.05) is 33.5 Å². The number of para-hydroxylation sites is 1. The van der Waals surface area contributed by atoms with Crippen molar-refractivity contribution in [3.63, 3.8) is 0 Å². The quantitative estimate of drug-likeness (QED) is 0.817. The van der Waals surface area contributed by atoms with Crippen LogP contribution in [0.3, 0.4) is 0 Å². The van der Waals surface area contributed by atoms with E-state index in [4.69, 9.17) is 4.74 Å². The van der Waals surface area contributed by atoms with E-state index in [1.165, 1.54) is 7.05 Å². The fraction of sp³-hybridized carbons (Fsp3) is 0.533. The number of sulfonamides is 1. The van der Waals surface area contributed by atoms with Crippen LogP contribution in [-0.2, 0) is 14.8 Å². The highest BCUT2D eigenvalue weighted by Gasteiger charge is 2.32. The molecule has 122 valence electrons. The molecule has 1 amide bonds. The molecule has 1 atom stereocenters. The number of likely N-dealkylation sites (N-methyl/N-ethyl adjacent to an activating group) is 1. The van der Waals surface area contributed by atoms with Gasteiger partial charge >= 0.3 is 0 Å². The zero-order valence-electron chi connectivity index (χ0n) is 13.2. The molecule has 1 aromatic carbocycles. The van der Waals surface area contributed by atoms with Crippen LogP contribution in [0.25, 0.3) is 0 Å². The van der Waals surface area contributed by atoms with Crippen LogP contribution in [-0.4, -0.2) is 57.0 Å². The van der Waals surface area contributed by atoms with E-state index in [0.717, 1.165) is 34.7 Å². The molecule has 2 rings (SSSR count). The minimum Gasteiger partial charge on any atom is -0.496 e. The van der Waals surface area contributed by atoms with Crippen molar-refractivity contribution < 1.29 is 17.9 Å². The van der Waals surface area contributed by atoms with Crippen molar-refractivity contribution in [2.24, 2.45) is 0 Å². The van der Waals surface area contributed by atoms with Gasteiger partial charge in [-0.3, -0.25) is 4.79 Å². The molecule has 0 bridgehead atoms. The zero-order valence-corrected chi connectivity index (χ0v) is 14.0. The fourth-order valence-corrected chi connectivity index (χ4v) is 3.07. The summed E-state index contributed by atoms with van der Waals surface area (Å²) in [6, 6.07) is 7.58. The highest BCUT2D eigenvalue weighted by Crippen LogP contribution is 2.36. The van der Waals surface area contributed by atoms with Gasteiger partial charge in [0, 0.05) is 19.2 Å². The maximum absolute atomic E-state index is 12.5. The molecule has 1 unspecified atom stereocenters. The van der Waals surface area contributed by atoms with Gasteiger partial charge in [0.25, 0.3) is 0 Å². The Kier molecular flexibility index (Phi) is 5.08. The normalized spacial score (nSPS) is 18.7. The van der Waals surface area contributed by atoms with Crippen LogP contribution in [0.2, 0.25) is 0 Å². The lowest BCUT2D eigenvalue weighted by molar-refractivity contribution is -0.132. The number of amides is 1. The Morgan fingerprint density at radius 3 is 2.73 bits per heavy atom. The number of hydrogen-bond donors (Lipinski definition) is 0. The third-order valence-corrected chi connectivity index (χ3v) is 5.26. The summed E-state index contributed by atoms with van der Waals surface area (Å²) in [5, 5.41) is 0. The molecule has 0 radical (unpaired) electrons. The second-order valence-corrected chi connectivity index (χ2v) is 7.60. The summed E-state index contributed by atoms with van der Waals surface area (Å²) in [6.45, 7) is 0.504. The molecule has 1 aliphatic rings. The van der Waals surface area contributed by atoms with E-state index in [9.17, 15) is 13.2 Å². The molecule has 1 aliphatic heterocycles. The SMILES string of the molecule is COc1ccccc1C1CCCN1C(=O)CN(C)S(C)(=O)=O. The smallest absolute Gasteiger partial charge is 0.238 e. The van der Waals surface area contributed by atoms with Gasteiger partial charge in [0.05, 0.1) is 26.0 Å². The minimum absolute atomic E-state index is 0.0587. The molecule has 7 heteroatoms. The molecule has 1 saturated heterocycles. The van der Waals surface area contributed by atoms with Crippen molar-refractivity contribution >= 4 is 15.9 Å². The first-order chi connectivity index (χ1) is 10.3. The van der Waals surface area contributed by atoms with Gasteiger partial charge in [-0.05, 0) is 18.9 Å². The predicted molar refractivity (Wildman–Crippen MR) is 84.2 cm³/mol. The van der Waals surface area contributed by atoms with Gasteiger partial charge in [0.1, 0.15) is 5.75 Å². The Hall–Kier alpha value is -1.60. The van der Waals surface area contributed by atoms with Crippen molar-refractivity contribution in [3.05, 3.63) is 29.8 Å². The molecule has 22 heavy (non-hydrogen) atoms. The number of likely N-dealkylation sites (tertiary alicyclic amines) is 1. The number of ether oxygens (including phenoxy) is 1. The van der Waals surface area contributed by atoms with E-state index < -0.39 is 10.0 Å². The predicted octanol–water partition coefficient (Wildman–Crippen LogP) is 1.25. The van der Waals surface area contributed by atoms with Gasteiger partial charge in [-0.15, -0.1) is 0 Å². The van der Waals surface area contributed by atoms with Crippen molar-refractivity contribution in [1.82, 2.24) is 9.21 Å². The number of benzene rings is 1. The lowest BCUT2D eigenvalue weighted by Gasteiger charge is -2.27. The Balaban J connectivity index is 2.19. The van der Waals surface area contributed by atoms with Crippen molar-refractivity contribution in [3.8, 4) is 5.75 Å². The number of carbonyl (C=O) groups excluding carboxylic acids is 1. The first kappa shape index (κ1) is 16.8. The zero-order chi connectivity index (χ0) is 16.3. The van der Waals surface area contributed by atoms with Gasteiger partial charge in [0.15, 0.2) is 0 Å². The maximum Gasteiger partial charge on any atom is 0.238 e.